The maximum Gasteiger partial charge on any atom is 0.0581 e. The van der Waals surface area contributed by atoms with E-state index in [2.05, 4.69) is 62.5 Å². The van der Waals surface area contributed by atoms with E-state index in [0.29, 0.717) is 12.0 Å². The predicted molar refractivity (Wildman–Crippen MR) is 60.4 cm³/mol. The van der Waals surface area contributed by atoms with Crippen molar-refractivity contribution in [3.63, 3.8) is 0 Å². The van der Waals surface area contributed by atoms with Gasteiger partial charge in [0.05, 0.1) is 4.32 Å². The van der Waals surface area contributed by atoms with Crippen LogP contribution in [0.15, 0.2) is 4.99 Å². The zero-order valence-corrected chi connectivity index (χ0v) is 10.6. The van der Waals surface area contributed by atoms with Crippen LogP contribution in [0.2, 0.25) is 0 Å². The predicted octanol–water partition coefficient (Wildman–Crippen LogP) is 3.67. The molecule has 0 fully saturated rings. The third-order valence-corrected chi connectivity index (χ3v) is 1.96. The smallest absolute Gasteiger partial charge is 0.0581 e. The summed E-state index contributed by atoms with van der Waals surface area (Å²) < 4.78 is 0.0332. The molecule has 0 aliphatic heterocycles. The lowest BCUT2D eigenvalue weighted by Crippen LogP contribution is -2.30. The van der Waals surface area contributed by atoms with Gasteiger partial charge in [-0.25, -0.2) is 0 Å². The summed E-state index contributed by atoms with van der Waals surface area (Å²) in [6.07, 6.45) is 0. The Morgan fingerprint density at radius 2 is 1.58 bits per heavy atom. The lowest BCUT2D eigenvalue weighted by Gasteiger charge is -2.23. The van der Waals surface area contributed by atoms with Crippen LogP contribution in [-0.4, -0.2) is 16.1 Å². The zero-order valence-electron chi connectivity index (χ0n) is 8.98. The molecule has 0 saturated carbocycles. The second kappa shape index (κ2) is 4.40. The number of alkyl halides is 1. The molecule has 0 unspecified atom stereocenters. The van der Waals surface area contributed by atoms with Crippen molar-refractivity contribution in [2.24, 2.45) is 10.9 Å². The first-order valence-electron chi connectivity index (χ1n) is 4.52. The third kappa shape index (κ3) is 4.24. The summed E-state index contributed by atoms with van der Waals surface area (Å²) in [6, 6.07) is 0.388. The molecule has 0 aromatic rings. The van der Waals surface area contributed by atoms with E-state index in [1.807, 2.05) is 0 Å². The second-order valence-electron chi connectivity index (χ2n) is 4.24. The maximum absolute atomic E-state index is 4.62. The first kappa shape index (κ1) is 12.2. The molecule has 0 heterocycles. The molecular formula is C10H20BrN. The summed E-state index contributed by atoms with van der Waals surface area (Å²) in [5, 5.41) is 0. The minimum Gasteiger partial charge on any atom is -0.290 e. The van der Waals surface area contributed by atoms with Crippen LogP contribution in [0.1, 0.15) is 41.5 Å². The van der Waals surface area contributed by atoms with E-state index in [4.69, 9.17) is 0 Å². The molecule has 0 aromatic carbocycles. The molecule has 2 heteroatoms. The molecule has 0 aromatic heterocycles. The van der Waals surface area contributed by atoms with Crippen molar-refractivity contribution in [3.05, 3.63) is 0 Å². The van der Waals surface area contributed by atoms with Gasteiger partial charge in [-0.15, -0.1) is 0 Å². The zero-order chi connectivity index (χ0) is 9.94. The number of hydrogen-bond donors (Lipinski definition) is 0. The molecule has 0 radical (unpaired) electrons. The highest BCUT2D eigenvalue weighted by Crippen LogP contribution is 2.23. The minimum absolute atomic E-state index is 0.0332. The molecule has 0 N–H and O–H groups in total. The number of hydrogen-bond acceptors (Lipinski definition) is 1. The average molecular weight is 234 g/mol. The molecule has 0 amide bonds. The van der Waals surface area contributed by atoms with Crippen molar-refractivity contribution in [1.82, 2.24) is 0 Å². The monoisotopic (exact) mass is 233 g/mol. The number of nitrogens with zero attached hydrogens (tertiary/aromatic N) is 1. The van der Waals surface area contributed by atoms with Gasteiger partial charge in [-0.2, -0.15) is 0 Å². The van der Waals surface area contributed by atoms with E-state index in [0.717, 1.165) is 0 Å². The van der Waals surface area contributed by atoms with Gasteiger partial charge in [0.15, 0.2) is 0 Å². The molecule has 0 bridgehead atoms. The Morgan fingerprint density at radius 3 is 1.67 bits per heavy atom. The van der Waals surface area contributed by atoms with E-state index in [1.165, 1.54) is 5.71 Å². The molecule has 12 heavy (non-hydrogen) atoms. The molecule has 1 nitrogen and oxygen atoms in total. The number of aliphatic imine (C=N–C) groups is 1. The van der Waals surface area contributed by atoms with E-state index >= 15 is 0 Å². The Bertz CT molecular complexity index is 163. The van der Waals surface area contributed by atoms with Crippen LogP contribution >= 0.6 is 15.9 Å². The normalized spacial score (nSPS) is 14.6. The SMILES string of the molecule is CC(C)N=C(C(C)C)C(C)(C)Br. The fourth-order valence-corrected chi connectivity index (χ4v) is 1.83. The van der Waals surface area contributed by atoms with Gasteiger partial charge in [0.1, 0.15) is 0 Å². The first-order chi connectivity index (χ1) is 5.25. The number of rotatable bonds is 3. The molecule has 0 spiro atoms. The second-order valence-corrected chi connectivity index (χ2v) is 6.22. The Labute approximate surface area is 84.8 Å². The Morgan fingerprint density at radius 1 is 1.17 bits per heavy atom. The van der Waals surface area contributed by atoms with E-state index in [9.17, 15) is 0 Å². The minimum atomic E-state index is 0.0332. The fourth-order valence-electron chi connectivity index (χ4n) is 1.27. The van der Waals surface area contributed by atoms with Gasteiger partial charge in [0, 0.05) is 11.8 Å². The Kier molecular flexibility index (Phi) is 4.46. The highest BCUT2D eigenvalue weighted by molar-refractivity contribution is 9.10. The van der Waals surface area contributed by atoms with Gasteiger partial charge in [-0.1, -0.05) is 29.8 Å². The van der Waals surface area contributed by atoms with E-state index in [-0.39, 0.29) is 4.32 Å². The summed E-state index contributed by atoms with van der Waals surface area (Å²) in [5.74, 6) is 0.516. The van der Waals surface area contributed by atoms with Gasteiger partial charge in [0.2, 0.25) is 0 Å². The van der Waals surface area contributed by atoms with Crippen LogP contribution in [0.25, 0.3) is 0 Å². The van der Waals surface area contributed by atoms with Crippen LogP contribution in [0.4, 0.5) is 0 Å². The van der Waals surface area contributed by atoms with Crippen molar-refractivity contribution < 1.29 is 0 Å². The van der Waals surface area contributed by atoms with Gasteiger partial charge in [0.25, 0.3) is 0 Å². The van der Waals surface area contributed by atoms with Crippen molar-refractivity contribution in [3.8, 4) is 0 Å². The van der Waals surface area contributed by atoms with Crippen molar-refractivity contribution in [2.75, 3.05) is 0 Å². The summed E-state index contributed by atoms with van der Waals surface area (Å²) in [6.45, 7) is 12.9. The van der Waals surface area contributed by atoms with Crippen molar-refractivity contribution >= 4 is 21.6 Å². The Hall–Kier alpha value is 0.150. The molecule has 0 saturated heterocycles. The van der Waals surface area contributed by atoms with Gasteiger partial charge < -0.3 is 0 Å². The van der Waals surface area contributed by atoms with Crippen LogP contribution < -0.4 is 0 Å². The van der Waals surface area contributed by atoms with E-state index < -0.39 is 0 Å². The molecule has 0 aliphatic carbocycles. The molecule has 72 valence electrons. The maximum atomic E-state index is 4.62. The largest absolute Gasteiger partial charge is 0.290 e. The lowest BCUT2D eigenvalue weighted by molar-refractivity contribution is 0.751. The summed E-state index contributed by atoms with van der Waals surface area (Å²) in [4.78, 5) is 4.62. The Balaban J connectivity index is 4.68. The van der Waals surface area contributed by atoms with E-state index in [1.54, 1.807) is 0 Å². The molecule has 0 aliphatic rings. The summed E-state index contributed by atoms with van der Waals surface area (Å²) in [7, 11) is 0. The fraction of sp³-hybridized carbons (Fsp3) is 0.900. The molecule has 0 rings (SSSR count). The van der Waals surface area contributed by atoms with Crippen molar-refractivity contribution in [2.45, 2.75) is 51.9 Å². The standard InChI is InChI=1S/C10H20BrN/c1-7(2)9(10(5,6)11)12-8(3)4/h7-8H,1-6H3. The quantitative estimate of drug-likeness (QED) is 0.522. The summed E-state index contributed by atoms with van der Waals surface area (Å²) >= 11 is 3.64. The van der Waals surface area contributed by atoms with Crippen LogP contribution in [0, 0.1) is 5.92 Å². The number of halogens is 1. The van der Waals surface area contributed by atoms with Crippen LogP contribution in [-0.2, 0) is 0 Å². The molecule has 0 atom stereocenters. The van der Waals surface area contributed by atoms with Gasteiger partial charge in [-0.05, 0) is 33.6 Å². The van der Waals surface area contributed by atoms with Crippen LogP contribution in [0.3, 0.4) is 0 Å². The van der Waals surface area contributed by atoms with Crippen LogP contribution in [0.5, 0.6) is 0 Å². The third-order valence-electron chi connectivity index (χ3n) is 1.55. The summed E-state index contributed by atoms with van der Waals surface area (Å²) in [5.41, 5.74) is 1.25. The van der Waals surface area contributed by atoms with Gasteiger partial charge in [-0.3, -0.25) is 4.99 Å². The van der Waals surface area contributed by atoms with Gasteiger partial charge >= 0.3 is 0 Å². The highest BCUT2D eigenvalue weighted by atomic mass is 79.9. The first-order valence-corrected chi connectivity index (χ1v) is 5.31. The average Bonchev–Trinajstić information content (AvgIpc) is 1.79. The molecular weight excluding hydrogens is 214 g/mol. The highest BCUT2D eigenvalue weighted by Gasteiger charge is 2.23. The van der Waals surface area contributed by atoms with Crippen molar-refractivity contribution in [1.29, 1.82) is 0 Å². The topological polar surface area (TPSA) is 12.4 Å². The lowest BCUT2D eigenvalue weighted by atomic mass is 9.97.